The van der Waals surface area contributed by atoms with E-state index in [1.54, 1.807) is 32.3 Å². The van der Waals surface area contributed by atoms with Crippen molar-refractivity contribution in [1.29, 1.82) is 0 Å². The van der Waals surface area contributed by atoms with Crippen LogP contribution in [0.25, 0.3) is 0 Å². The number of anilines is 1. The fraction of sp³-hybridized carbons (Fsp3) is 0.467. The van der Waals surface area contributed by atoms with Gasteiger partial charge in [-0.1, -0.05) is 6.07 Å². The van der Waals surface area contributed by atoms with E-state index >= 15 is 0 Å². The lowest BCUT2D eigenvalue weighted by atomic mass is 9.97. The zero-order chi connectivity index (χ0) is 14.5. The van der Waals surface area contributed by atoms with Crippen molar-refractivity contribution in [2.75, 3.05) is 32.5 Å². The average Bonchev–Trinajstić information content (AvgIpc) is 2.47. The molecular weight excluding hydrogens is 290 g/mol. The first-order valence-electron chi connectivity index (χ1n) is 6.91. The van der Waals surface area contributed by atoms with Crippen LogP contribution in [0.1, 0.15) is 23.2 Å². The van der Waals surface area contributed by atoms with Crippen LogP contribution in [0.5, 0.6) is 0 Å². The predicted octanol–water partition coefficient (Wildman–Crippen LogP) is 1.75. The van der Waals surface area contributed by atoms with Crippen molar-refractivity contribution in [3.05, 3.63) is 29.8 Å². The number of hydrogen-bond acceptors (Lipinski definition) is 3. The average molecular weight is 312 g/mol. The van der Waals surface area contributed by atoms with Gasteiger partial charge in [-0.05, 0) is 44.1 Å². The molecule has 1 aromatic rings. The van der Waals surface area contributed by atoms with Crippen molar-refractivity contribution in [1.82, 2.24) is 10.2 Å². The number of carbonyl (C=O) groups is 2. The van der Waals surface area contributed by atoms with Crippen LogP contribution in [-0.4, -0.2) is 43.9 Å². The Bertz CT molecular complexity index is 499. The summed E-state index contributed by atoms with van der Waals surface area (Å²) in [5.74, 6) is 0.0355. The Morgan fingerprint density at radius 3 is 2.52 bits per heavy atom. The van der Waals surface area contributed by atoms with Gasteiger partial charge >= 0.3 is 0 Å². The number of nitrogens with zero attached hydrogens (tertiary/aromatic N) is 1. The summed E-state index contributed by atoms with van der Waals surface area (Å²) in [5.41, 5.74) is 1.26. The summed E-state index contributed by atoms with van der Waals surface area (Å²) in [5, 5.41) is 6.15. The Balaban J connectivity index is 0.00000220. The zero-order valence-electron chi connectivity index (χ0n) is 12.4. The molecule has 21 heavy (non-hydrogen) atoms. The van der Waals surface area contributed by atoms with Crippen molar-refractivity contribution in [3.8, 4) is 0 Å². The molecule has 0 bridgehead atoms. The number of nitrogens with one attached hydrogen (secondary N) is 2. The van der Waals surface area contributed by atoms with Gasteiger partial charge in [-0.2, -0.15) is 0 Å². The Hall–Kier alpha value is -1.59. The van der Waals surface area contributed by atoms with Crippen molar-refractivity contribution >= 4 is 29.9 Å². The van der Waals surface area contributed by atoms with E-state index < -0.39 is 0 Å². The molecule has 1 aromatic carbocycles. The number of halogens is 1. The molecule has 2 amide bonds. The Kier molecular flexibility index (Phi) is 6.65. The van der Waals surface area contributed by atoms with Gasteiger partial charge in [0.1, 0.15) is 0 Å². The summed E-state index contributed by atoms with van der Waals surface area (Å²) in [6, 6.07) is 7.07. The highest BCUT2D eigenvalue weighted by atomic mass is 35.5. The maximum atomic E-state index is 12.1. The summed E-state index contributed by atoms with van der Waals surface area (Å²) in [6.45, 7) is 1.77. The van der Waals surface area contributed by atoms with Crippen LogP contribution in [0.4, 0.5) is 5.69 Å². The third-order valence-corrected chi connectivity index (χ3v) is 3.49. The lowest BCUT2D eigenvalue weighted by Gasteiger charge is -2.22. The molecule has 2 N–H and O–H groups in total. The highest BCUT2D eigenvalue weighted by Crippen LogP contribution is 2.17. The summed E-state index contributed by atoms with van der Waals surface area (Å²) in [4.78, 5) is 25.6. The SMILES string of the molecule is CN(C)C(=O)c1cccc(NC(=O)C2CCNCC2)c1.Cl. The number of amides is 2. The summed E-state index contributed by atoms with van der Waals surface area (Å²) in [7, 11) is 3.42. The number of rotatable bonds is 3. The Labute approximate surface area is 131 Å². The second-order valence-electron chi connectivity index (χ2n) is 5.29. The van der Waals surface area contributed by atoms with E-state index in [2.05, 4.69) is 10.6 Å². The molecule has 1 saturated heterocycles. The molecule has 0 saturated carbocycles. The molecule has 5 nitrogen and oxygen atoms in total. The fourth-order valence-electron chi connectivity index (χ4n) is 2.32. The lowest BCUT2D eigenvalue weighted by molar-refractivity contribution is -0.120. The first kappa shape index (κ1) is 17.5. The fourth-order valence-corrected chi connectivity index (χ4v) is 2.32. The Morgan fingerprint density at radius 2 is 1.90 bits per heavy atom. The van der Waals surface area contributed by atoms with E-state index in [1.165, 1.54) is 4.90 Å². The highest BCUT2D eigenvalue weighted by molar-refractivity contribution is 5.97. The normalized spacial score (nSPS) is 15.0. The molecule has 116 valence electrons. The van der Waals surface area contributed by atoms with E-state index in [9.17, 15) is 9.59 Å². The van der Waals surface area contributed by atoms with Gasteiger partial charge in [-0.3, -0.25) is 9.59 Å². The first-order chi connectivity index (χ1) is 9.58. The molecule has 0 radical (unpaired) electrons. The maximum Gasteiger partial charge on any atom is 0.253 e. The van der Waals surface area contributed by atoms with Crippen LogP contribution in [0.2, 0.25) is 0 Å². The molecule has 1 fully saturated rings. The van der Waals surface area contributed by atoms with E-state index in [0.29, 0.717) is 11.3 Å². The Morgan fingerprint density at radius 1 is 1.24 bits per heavy atom. The molecule has 6 heteroatoms. The van der Waals surface area contributed by atoms with E-state index in [1.807, 2.05) is 6.07 Å². The van der Waals surface area contributed by atoms with Crippen LogP contribution in [0.15, 0.2) is 24.3 Å². The zero-order valence-corrected chi connectivity index (χ0v) is 13.2. The molecule has 2 rings (SSSR count). The second-order valence-corrected chi connectivity index (χ2v) is 5.29. The minimum atomic E-state index is -0.0667. The van der Waals surface area contributed by atoms with Gasteiger partial charge in [0, 0.05) is 31.3 Å². The molecule has 0 unspecified atom stereocenters. The van der Waals surface area contributed by atoms with Crippen LogP contribution in [0, 0.1) is 5.92 Å². The smallest absolute Gasteiger partial charge is 0.253 e. The topological polar surface area (TPSA) is 61.4 Å². The van der Waals surface area contributed by atoms with Crippen molar-refractivity contribution in [2.45, 2.75) is 12.8 Å². The molecule has 0 atom stereocenters. The number of benzene rings is 1. The highest BCUT2D eigenvalue weighted by Gasteiger charge is 2.21. The van der Waals surface area contributed by atoms with Crippen LogP contribution in [-0.2, 0) is 4.79 Å². The van der Waals surface area contributed by atoms with Gasteiger partial charge in [0.15, 0.2) is 0 Å². The van der Waals surface area contributed by atoms with Crippen LogP contribution in [0.3, 0.4) is 0 Å². The third kappa shape index (κ3) is 4.72. The van der Waals surface area contributed by atoms with Crippen molar-refractivity contribution in [2.24, 2.45) is 5.92 Å². The van der Waals surface area contributed by atoms with Crippen molar-refractivity contribution in [3.63, 3.8) is 0 Å². The summed E-state index contributed by atoms with van der Waals surface area (Å²) in [6.07, 6.45) is 1.73. The quantitative estimate of drug-likeness (QED) is 0.894. The van der Waals surface area contributed by atoms with Crippen molar-refractivity contribution < 1.29 is 9.59 Å². The molecule has 1 heterocycles. The van der Waals surface area contributed by atoms with Gasteiger partial charge in [-0.15, -0.1) is 12.4 Å². The molecule has 0 aromatic heterocycles. The number of hydrogen-bond donors (Lipinski definition) is 2. The maximum absolute atomic E-state index is 12.1. The molecule has 0 aliphatic carbocycles. The second kappa shape index (κ2) is 8.00. The minimum Gasteiger partial charge on any atom is -0.345 e. The van der Waals surface area contributed by atoms with Crippen LogP contribution >= 0.6 is 12.4 Å². The largest absolute Gasteiger partial charge is 0.345 e. The molecule has 1 aliphatic rings. The van der Waals surface area contributed by atoms with Gasteiger partial charge in [0.25, 0.3) is 5.91 Å². The summed E-state index contributed by atoms with van der Waals surface area (Å²) >= 11 is 0. The van der Waals surface area contributed by atoms with E-state index in [0.717, 1.165) is 25.9 Å². The number of carbonyl (C=O) groups excluding carboxylic acids is 2. The summed E-state index contributed by atoms with van der Waals surface area (Å²) < 4.78 is 0. The van der Waals surface area contributed by atoms with Gasteiger partial charge in [-0.25, -0.2) is 0 Å². The lowest BCUT2D eigenvalue weighted by Crippen LogP contribution is -2.34. The molecule has 0 spiro atoms. The standard InChI is InChI=1S/C15H21N3O2.ClH/c1-18(2)15(20)12-4-3-5-13(10-12)17-14(19)11-6-8-16-9-7-11;/h3-5,10-11,16H,6-9H2,1-2H3,(H,17,19);1H. The van der Waals surface area contributed by atoms with Gasteiger partial charge in [0.05, 0.1) is 0 Å². The van der Waals surface area contributed by atoms with E-state index in [4.69, 9.17) is 0 Å². The molecule has 1 aliphatic heterocycles. The minimum absolute atomic E-state index is 0. The predicted molar refractivity (Wildman–Crippen MR) is 85.9 cm³/mol. The number of piperidine rings is 1. The van der Waals surface area contributed by atoms with Gasteiger partial charge in [0.2, 0.25) is 5.91 Å². The third-order valence-electron chi connectivity index (χ3n) is 3.49. The van der Waals surface area contributed by atoms with Gasteiger partial charge < -0.3 is 15.5 Å². The molecular formula is C15H22ClN3O2. The van der Waals surface area contributed by atoms with E-state index in [-0.39, 0.29) is 30.1 Å². The monoisotopic (exact) mass is 311 g/mol. The van der Waals surface area contributed by atoms with Crippen LogP contribution < -0.4 is 10.6 Å². The first-order valence-corrected chi connectivity index (χ1v) is 6.91.